The molecule has 0 aromatic heterocycles. The van der Waals surface area contributed by atoms with E-state index in [1.807, 2.05) is 12.1 Å². The van der Waals surface area contributed by atoms with Crippen LogP contribution in [0.4, 0.5) is 10.1 Å². The normalized spacial score (nSPS) is 18.1. The van der Waals surface area contributed by atoms with E-state index in [1.54, 1.807) is 6.07 Å². The molecule has 1 aliphatic carbocycles. The Labute approximate surface area is 84.3 Å². The topological polar surface area (TPSA) is 12.0 Å². The average molecular weight is 193 g/mol. The summed E-state index contributed by atoms with van der Waals surface area (Å²) >= 11 is 0. The molecule has 0 amide bonds. The second-order valence-corrected chi connectivity index (χ2v) is 3.96. The molecule has 1 nitrogen and oxygen atoms in total. The molecule has 0 heterocycles. The van der Waals surface area contributed by atoms with Gasteiger partial charge in [-0.1, -0.05) is 31.4 Å². The van der Waals surface area contributed by atoms with Crippen LogP contribution in [0.3, 0.4) is 0 Å². The van der Waals surface area contributed by atoms with Crippen molar-refractivity contribution in [2.24, 2.45) is 0 Å². The number of benzene rings is 1. The second-order valence-electron chi connectivity index (χ2n) is 3.96. The van der Waals surface area contributed by atoms with Crippen LogP contribution in [0.25, 0.3) is 0 Å². The molecule has 0 bridgehead atoms. The Kier molecular flexibility index (Phi) is 3.02. The van der Waals surface area contributed by atoms with Crippen LogP contribution in [0.1, 0.15) is 32.1 Å². The van der Waals surface area contributed by atoms with Gasteiger partial charge in [-0.15, -0.1) is 0 Å². The van der Waals surface area contributed by atoms with Crippen LogP contribution < -0.4 is 5.32 Å². The summed E-state index contributed by atoms with van der Waals surface area (Å²) in [7, 11) is 0. The maximum atomic E-state index is 13.3. The highest BCUT2D eigenvalue weighted by molar-refractivity contribution is 5.45. The summed E-state index contributed by atoms with van der Waals surface area (Å²) in [4.78, 5) is 0. The van der Waals surface area contributed by atoms with Gasteiger partial charge >= 0.3 is 0 Å². The molecule has 1 saturated carbocycles. The van der Waals surface area contributed by atoms with Crippen molar-refractivity contribution in [2.75, 3.05) is 5.32 Å². The van der Waals surface area contributed by atoms with Gasteiger partial charge in [0.15, 0.2) is 0 Å². The lowest BCUT2D eigenvalue weighted by Gasteiger charge is -2.23. The van der Waals surface area contributed by atoms with E-state index in [1.165, 1.54) is 38.2 Å². The van der Waals surface area contributed by atoms with E-state index in [0.29, 0.717) is 11.7 Å². The summed E-state index contributed by atoms with van der Waals surface area (Å²) in [6.45, 7) is 0. The molecule has 0 spiro atoms. The SMILES string of the molecule is Fc1ccccc1NC1CCCCC1. The van der Waals surface area contributed by atoms with Crippen molar-refractivity contribution in [3.05, 3.63) is 30.1 Å². The first-order valence-corrected chi connectivity index (χ1v) is 5.37. The molecule has 1 fully saturated rings. The van der Waals surface area contributed by atoms with Crippen molar-refractivity contribution in [1.82, 2.24) is 0 Å². The molecule has 1 N–H and O–H groups in total. The number of para-hydroxylation sites is 1. The largest absolute Gasteiger partial charge is 0.380 e. The van der Waals surface area contributed by atoms with E-state index in [2.05, 4.69) is 5.32 Å². The Morgan fingerprint density at radius 3 is 2.50 bits per heavy atom. The van der Waals surface area contributed by atoms with Gasteiger partial charge in [0.05, 0.1) is 5.69 Å². The quantitative estimate of drug-likeness (QED) is 0.757. The third kappa shape index (κ3) is 2.25. The maximum Gasteiger partial charge on any atom is 0.146 e. The molecule has 76 valence electrons. The van der Waals surface area contributed by atoms with E-state index < -0.39 is 0 Å². The van der Waals surface area contributed by atoms with Crippen LogP contribution in [-0.2, 0) is 0 Å². The van der Waals surface area contributed by atoms with Crippen LogP contribution in [0.2, 0.25) is 0 Å². The predicted octanol–water partition coefficient (Wildman–Crippen LogP) is 3.57. The predicted molar refractivity (Wildman–Crippen MR) is 56.9 cm³/mol. The van der Waals surface area contributed by atoms with Crippen LogP contribution >= 0.6 is 0 Å². The third-order valence-corrected chi connectivity index (χ3v) is 2.84. The fraction of sp³-hybridized carbons (Fsp3) is 0.500. The van der Waals surface area contributed by atoms with Crippen molar-refractivity contribution < 1.29 is 4.39 Å². The average Bonchev–Trinajstić information content (AvgIpc) is 2.23. The minimum absolute atomic E-state index is 0.141. The highest BCUT2D eigenvalue weighted by Gasteiger charge is 2.13. The van der Waals surface area contributed by atoms with Gasteiger partial charge in [-0.3, -0.25) is 0 Å². The van der Waals surface area contributed by atoms with E-state index >= 15 is 0 Å². The smallest absolute Gasteiger partial charge is 0.146 e. The van der Waals surface area contributed by atoms with Crippen LogP contribution in [-0.4, -0.2) is 6.04 Å². The molecule has 14 heavy (non-hydrogen) atoms. The molecule has 2 rings (SSSR count). The van der Waals surface area contributed by atoms with E-state index in [-0.39, 0.29) is 5.82 Å². The molecule has 1 aromatic carbocycles. The number of hydrogen-bond acceptors (Lipinski definition) is 1. The maximum absolute atomic E-state index is 13.3. The Morgan fingerprint density at radius 2 is 1.79 bits per heavy atom. The zero-order chi connectivity index (χ0) is 9.80. The van der Waals surface area contributed by atoms with Gasteiger partial charge in [-0.25, -0.2) is 4.39 Å². The van der Waals surface area contributed by atoms with Crippen LogP contribution in [0, 0.1) is 5.82 Å². The Hall–Kier alpha value is -1.05. The van der Waals surface area contributed by atoms with Gasteiger partial charge in [0.1, 0.15) is 5.82 Å². The molecule has 0 unspecified atom stereocenters. The number of hydrogen-bond donors (Lipinski definition) is 1. The fourth-order valence-corrected chi connectivity index (χ4v) is 2.05. The molecule has 0 atom stereocenters. The molecule has 2 heteroatoms. The van der Waals surface area contributed by atoms with Crippen molar-refractivity contribution in [2.45, 2.75) is 38.1 Å². The minimum atomic E-state index is -0.141. The Morgan fingerprint density at radius 1 is 1.07 bits per heavy atom. The monoisotopic (exact) mass is 193 g/mol. The zero-order valence-corrected chi connectivity index (χ0v) is 8.30. The molecule has 0 radical (unpaired) electrons. The summed E-state index contributed by atoms with van der Waals surface area (Å²) in [6.07, 6.45) is 6.22. The second kappa shape index (κ2) is 4.45. The molecule has 0 saturated heterocycles. The summed E-state index contributed by atoms with van der Waals surface area (Å²) in [5, 5.41) is 3.27. The van der Waals surface area contributed by atoms with Crippen LogP contribution in [0.15, 0.2) is 24.3 Å². The summed E-state index contributed by atoms with van der Waals surface area (Å²) < 4.78 is 13.3. The Balaban J connectivity index is 1.99. The summed E-state index contributed by atoms with van der Waals surface area (Å²) in [6, 6.07) is 7.38. The number of nitrogens with one attached hydrogen (secondary N) is 1. The van der Waals surface area contributed by atoms with Gasteiger partial charge in [0, 0.05) is 6.04 Å². The lowest BCUT2D eigenvalue weighted by Crippen LogP contribution is -2.22. The molecule has 0 aliphatic heterocycles. The van der Waals surface area contributed by atoms with Gasteiger partial charge in [-0.2, -0.15) is 0 Å². The van der Waals surface area contributed by atoms with Crippen molar-refractivity contribution >= 4 is 5.69 Å². The number of rotatable bonds is 2. The number of anilines is 1. The van der Waals surface area contributed by atoms with E-state index in [9.17, 15) is 4.39 Å². The minimum Gasteiger partial charge on any atom is -0.380 e. The van der Waals surface area contributed by atoms with Crippen molar-refractivity contribution in [3.8, 4) is 0 Å². The fourth-order valence-electron chi connectivity index (χ4n) is 2.05. The third-order valence-electron chi connectivity index (χ3n) is 2.84. The summed E-state index contributed by atoms with van der Waals surface area (Å²) in [5.74, 6) is -0.141. The molecule has 1 aromatic rings. The lowest BCUT2D eigenvalue weighted by atomic mass is 9.95. The summed E-state index contributed by atoms with van der Waals surface area (Å²) in [5.41, 5.74) is 0.652. The van der Waals surface area contributed by atoms with Gasteiger partial charge in [0.25, 0.3) is 0 Å². The first-order chi connectivity index (χ1) is 6.86. The van der Waals surface area contributed by atoms with E-state index in [4.69, 9.17) is 0 Å². The number of halogens is 1. The van der Waals surface area contributed by atoms with E-state index in [0.717, 1.165) is 0 Å². The standard InChI is InChI=1S/C12H16FN/c13-11-8-4-5-9-12(11)14-10-6-2-1-3-7-10/h4-5,8-10,14H,1-3,6-7H2. The molecular weight excluding hydrogens is 177 g/mol. The van der Waals surface area contributed by atoms with Crippen molar-refractivity contribution in [1.29, 1.82) is 0 Å². The van der Waals surface area contributed by atoms with Crippen LogP contribution in [0.5, 0.6) is 0 Å². The molecule has 1 aliphatic rings. The first-order valence-electron chi connectivity index (χ1n) is 5.37. The lowest BCUT2D eigenvalue weighted by molar-refractivity contribution is 0.460. The zero-order valence-electron chi connectivity index (χ0n) is 8.30. The van der Waals surface area contributed by atoms with Gasteiger partial charge in [-0.05, 0) is 25.0 Å². The van der Waals surface area contributed by atoms with Crippen molar-refractivity contribution in [3.63, 3.8) is 0 Å². The highest BCUT2D eigenvalue weighted by atomic mass is 19.1. The van der Waals surface area contributed by atoms with Gasteiger partial charge in [0.2, 0.25) is 0 Å². The molecular formula is C12H16FN. The Bertz CT molecular complexity index is 292. The first kappa shape index (κ1) is 9.50. The highest BCUT2D eigenvalue weighted by Crippen LogP contribution is 2.22. The van der Waals surface area contributed by atoms with Gasteiger partial charge < -0.3 is 5.32 Å².